The van der Waals surface area contributed by atoms with Crippen molar-refractivity contribution >= 4 is 35.1 Å². The van der Waals surface area contributed by atoms with Gasteiger partial charge in [-0.2, -0.15) is 9.61 Å². The van der Waals surface area contributed by atoms with Gasteiger partial charge in [-0.05, 0) is 25.0 Å². The first-order valence-corrected chi connectivity index (χ1v) is 8.30. The van der Waals surface area contributed by atoms with E-state index in [2.05, 4.69) is 15.4 Å². The van der Waals surface area contributed by atoms with Crippen LogP contribution in [-0.2, 0) is 4.74 Å². The van der Waals surface area contributed by atoms with Gasteiger partial charge in [0, 0.05) is 12.1 Å². The summed E-state index contributed by atoms with van der Waals surface area (Å²) in [5.74, 6) is 0.417. The van der Waals surface area contributed by atoms with Crippen molar-refractivity contribution in [1.29, 1.82) is 0 Å². The number of carbonyl (C=O) groups is 2. The molecule has 24 heavy (non-hydrogen) atoms. The molecule has 0 radical (unpaired) electrons. The zero-order valence-electron chi connectivity index (χ0n) is 12.9. The normalized spacial score (nSPS) is 13.9. The van der Waals surface area contributed by atoms with E-state index in [9.17, 15) is 9.59 Å². The van der Waals surface area contributed by atoms with Gasteiger partial charge in [0.05, 0.1) is 29.4 Å². The molecule has 0 atom stereocenters. The van der Waals surface area contributed by atoms with E-state index < -0.39 is 0 Å². The molecular formula is C16H14N4O3S. The van der Waals surface area contributed by atoms with Crippen LogP contribution in [0.4, 0.5) is 5.82 Å². The SMILES string of the molecule is COC(=O)c1ccc(-c2cc(NC3CC3)n3ncc(C=O)c3n2)s1. The molecule has 1 N–H and O–H groups in total. The van der Waals surface area contributed by atoms with Crippen molar-refractivity contribution < 1.29 is 14.3 Å². The summed E-state index contributed by atoms with van der Waals surface area (Å²) in [6.45, 7) is 0. The van der Waals surface area contributed by atoms with Crippen molar-refractivity contribution in [2.75, 3.05) is 12.4 Å². The first kappa shape index (κ1) is 14.8. The third kappa shape index (κ3) is 2.54. The molecule has 1 aliphatic rings. The van der Waals surface area contributed by atoms with Gasteiger partial charge >= 0.3 is 5.97 Å². The number of hydrogen-bond donors (Lipinski definition) is 1. The largest absolute Gasteiger partial charge is 0.465 e. The standard InChI is InChI=1S/C16H14N4O3S/c1-23-16(22)13-5-4-12(24-13)11-6-14(18-10-2-3-10)20-15(19-11)9(8-21)7-17-20/h4-8,10,18H,2-3H2,1H3. The van der Waals surface area contributed by atoms with Gasteiger partial charge < -0.3 is 10.1 Å². The molecule has 0 bridgehead atoms. The smallest absolute Gasteiger partial charge is 0.348 e. The lowest BCUT2D eigenvalue weighted by Crippen LogP contribution is -2.08. The monoisotopic (exact) mass is 342 g/mol. The Morgan fingerprint density at radius 3 is 3.00 bits per heavy atom. The third-order valence-electron chi connectivity index (χ3n) is 3.80. The Morgan fingerprint density at radius 1 is 1.46 bits per heavy atom. The number of methoxy groups -OCH3 is 1. The predicted octanol–water partition coefficient (Wildman–Crippen LogP) is 2.63. The highest BCUT2D eigenvalue weighted by Crippen LogP contribution is 2.32. The molecular weight excluding hydrogens is 328 g/mol. The van der Waals surface area contributed by atoms with Crippen molar-refractivity contribution in [2.24, 2.45) is 0 Å². The number of esters is 1. The lowest BCUT2D eigenvalue weighted by atomic mass is 10.3. The van der Waals surface area contributed by atoms with E-state index in [1.165, 1.54) is 24.6 Å². The van der Waals surface area contributed by atoms with E-state index in [0.717, 1.165) is 29.8 Å². The highest BCUT2D eigenvalue weighted by Gasteiger charge is 2.23. The van der Waals surface area contributed by atoms with Crippen LogP contribution in [0, 0.1) is 0 Å². The minimum atomic E-state index is -0.374. The highest BCUT2D eigenvalue weighted by molar-refractivity contribution is 7.17. The number of aromatic nitrogens is 3. The molecule has 1 aliphatic carbocycles. The van der Waals surface area contributed by atoms with Gasteiger partial charge in [0.1, 0.15) is 10.7 Å². The van der Waals surface area contributed by atoms with Crippen LogP contribution in [0.25, 0.3) is 16.2 Å². The average molecular weight is 342 g/mol. The minimum Gasteiger partial charge on any atom is -0.465 e. The number of carbonyl (C=O) groups excluding carboxylic acids is 2. The number of hydrogen-bond acceptors (Lipinski definition) is 7. The molecule has 3 heterocycles. The van der Waals surface area contributed by atoms with Crippen LogP contribution in [0.1, 0.15) is 32.9 Å². The van der Waals surface area contributed by atoms with E-state index >= 15 is 0 Å². The zero-order valence-corrected chi connectivity index (χ0v) is 13.7. The van der Waals surface area contributed by atoms with Gasteiger partial charge in [0.15, 0.2) is 11.9 Å². The molecule has 0 aliphatic heterocycles. The summed E-state index contributed by atoms with van der Waals surface area (Å²) in [4.78, 5) is 28.8. The molecule has 7 nitrogen and oxygen atoms in total. The maximum Gasteiger partial charge on any atom is 0.348 e. The number of ether oxygens (including phenoxy) is 1. The van der Waals surface area contributed by atoms with E-state index in [4.69, 9.17) is 4.74 Å². The molecule has 0 unspecified atom stereocenters. The molecule has 122 valence electrons. The number of nitrogens with one attached hydrogen (secondary N) is 1. The van der Waals surface area contributed by atoms with Crippen LogP contribution in [0.3, 0.4) is 0 Å². The van der Waals surface area contributed by atoms with Crippen molar-refractivity contribution in [3.8, 4) is 10.6 Å². The molecule has 0 amide bonds. The van der Waals surface area contributed by atoms with Crippen molar-refractivity contribution in [2.45, 2.75) is 18.9 Å². The zero-order chi connectivity index (χ0) is 16.7. The fourth-order valence-corrected chi connectivity index (χ4v) is 3.30. The Balaban J connectivity index is 1.83. The summed E-state index contributed by atoms with van der Waals surface area (Å²) >= 11 is 1.30. The van der Waals surface area contributed by atoms with Crippen LogP contribution < -0.4 is 5.32 Å². The molecule has 0 saturated heterocycles. The number of anilines is 1. The molecule has 1 fully saturated rings. The van der Waals surface area contributed by atoms with E-state index in [-0.39, 0.29) is 5.97 Å². The Kier molecular flexibility index (Phi) is 3.53. The van der Waals surface area contributed by atoms with Crippen molar-refractivity contribution in [3.05, 3.63) is 34.8 Å². The fourth-order valence-electron chi connectivity index (χ4n) is 2.41. The first-order chi connectivity index (χ1) is 11.7. The molecule has 3 aromatic rings. The molecule has 3 aromatic heterocycles. The number of aldehydes is 1. The Bertz CT molecular complexity index is 942. The summed E-state index contributed by atoms with van der Waals surface area (Å²) in [5, 5.41) is 7.65. The van der Waals surface area contributed by atoms with Gasteiger partial charge in [-0.3, -0.25) is 4.79 Å². The molecule has 4 rings (SSSR count). The van der Waals surface area contributed by atoms with Crippen molar-refractivity contribution in [3.63, 3.8) is 0 Å². The summed E-state index contributed by atoms with van der Waals surface area (Å²) in [7, 11) is 1.35. The van der Waals surface area contributed by atoms with Crippen LogP contribution in [0.2, 0.25) is 0 Å². The summed E-state index contributed by atoms with van der Waals surface area (Å²) in [5.41, 5.74) is 1.62. The van der Waals surface area contributed by atoms with Crippen LogP contribution in [0.5, 0.6) is 0 Å². The molecule has 0 spiro atoms. The maximum atomic E-state index is 11.6. The fraction of sp³-hybridized carbons (Fsp3) is 0.250. The number of nitrogens with zero attached hydrogens (tertiary/aromatic N) is 3. The Hall–Kier alpha value is -2.74. The predicted molar refractivity (Wildman–Crippen MR) is 89.7 cm³/mol. The van der Waals surface area contributed by atoms with E-state index in [1.54, 1.807) is 10.6 Å². The minimum absolute atomic E-state index is 0.374. The third-order valence-corrected chi connectivity index (χ3v) is 4.89. The van der Waals surface area contributed by atoms with E-state index in [0.29, 0.717) is 27.8 Å². The van der Waals surface area contributed by atoms with Crippen LogP contribution in [-0.4, -0.2) is 40.0 Å². The lowest BCUT2D eigenvalue weighted by Gasteiger charge is -2.09. The topological polar surface area (TPSA) is 85.6 Å². The number of thiophene rings is 1. The molecule has 1 saturated carbocycles. The lowest BCUT2D eigenvalue weighted by molar-refractivity contribution is 0.0606. The second-order valence-electron chi connectivity index (χ2n) is 5.55. The number of fused-ring (bicyclic) bond motifs is 1. The second kappa shape index (κ2) is 5.72. The van der Waals surface area contributed by atoms with Crippen LogP contribution in [0.15, 0.2) is 24.4 Å². The quantitative estimate of drug-likeness (QED) is 0.567. The van der Waals surface area contributed by atoms with Gasteiger partial charge in [0.2, 0.25) is 0 Å². The summed E-state index contributed by atoms with van der Waals surface area (Å²) < 4.78 is 6.38. The van der Waals surface area contributed by atoms with Crippen LogP contribution >= 0.6 is 11.3 Å². The summed E-state index contributed by atoms with van der Waals surface area (Å²) in [6.07, 6.45) is 4.48. The Labute approximate surface area is 141 Å². The van der Waals surface area contributed by atoms with Gasteiger partial charge in [-0.25, -0.2) is 9.78 Å². The molecule has 0 aromatic carbocycles. The van der Waals surface area contributed by atoms with Gasteiger partial charge in [-0.1, -0.05) is 0 Å². The summed E-state index contributed by atoms with van der Waals surface area (Å²) in [6, 6.07) is 5.86. The Morgan fingerprint density at radius 2 is 2.29 bits per heavy atom. The van der Waals surface area contributed by atoms with E-state index in [1.807, 2.05) is 12.1 Å². The first-order valence-electron chi connectivity index (χ1n) is 7.48. The van der Waals surface area contributed by atoms with Crippen molar-refractivity contribution in [1.82, 2.24) is 14.6 Å². The highest BCUT2D eigenvalue weighted by atomic mass is 32.1. The molecule has 8 heteroatoms. The van der Waals surface area contributed by atoms with Gasteiger partial charge in [-0.15, -0.1) is 11.3 Å². The average Bonchev–Trinajstić information content (AvgIpc) is 3.13. The second-order valence-corrected chi connectivity index (χ2v) is 6.64. The maximum absolute atomic E-state index is 11.6. The van der Waals surface area contributed by atoms with Gasteiger partial charge in [0.25, 0.3) is 0 Å². The number of rotatable bonds is 5.